The van der Waals surface area contributed by atoms with Gasteiger partial charge in [-0.3, -0.25) is 4.79 Å². The van der Waals surface area contributed by atoms with E-state index in [1.54, 1.807) is 4.68 Å². The molecule has 0 radical (unpaired) electrons. The first-order valence-electron chi connectivity index (χ1n) is 11.2. The average Bonchev–Trinajstić information content (AvgIpc) is 3.40. The van der Waals surface area contributed by atoms with Gasteiger partial charge in [-0.25, -0.2) is 9.67 Å². The minimum Gasteiger partial charge on any atom is -0.489 e. The molecule has 2 atom stereocenters. The second-order valence-corrected chi connectivity index (χ2v) is 8.96. The number of aromatic nitrogens is 6. The van der Waals surface area contributed by atoms with Crippen LogP contribution in [0.1, 0.15) is 56.2 Å². The van der Waals surface area contributed by atoms with E-state index in [0.29, 0.717) is 35.2 Å². The average molecular weight is 473 g/mol. The molecule has 10 nitrogen and oxygen atoms in total. The van der Waals surface area contributed by atoms with Crippen molar-refractivity contribution in [2.45, 2.75) is 65.1 Å². The molecule has 1 N–H and O–H groups in total. The highest BCUT2D eigenvalue weighted by Gasteiger charge is 2.28. The first kappa shape index (κ1) is 23.1. The van der Waals surface area contributed by atoms with Crippen molar-refractivity contribution >= 4 is 17.5 Å². The van der Waals surface area contributed by atoms with Crippen LogP contribution in [0.2, 0.25) is 0 Å². The van der Waals surface area contributed by atoms with Gasteiger partial charge in [-0.2, -0.15) is 9.36 Å². The number of carboxylic acid groups (broad SMARTS) is 1. The summed E-state index contributed by atoms with van der Waals surface area (Å²) in [6.45, 7) is 4.21. The molecule has 1 aliphatic rings. The number of rotatable bonds is 9. The lowest BCUT2D eigenvalue weighted by atomic mass is 9.87. The number of pyridine rings is 1. The summed E-state index contributed by atoms with van der Waals surface area (Å²) in [5.74, 6) is 0.362. The minimum absolute atomic E-state index is 0.115. The molecule has 0 aliphatic heterocycles. The standard InChI is InChI=1S/C22H28N6O4S/c1-4-6-19-24-22(33-26-19)31-12-17-20(25-27-28(17)3)16-9-10-18(13(2)23-16)32-15-8-5-7-14(11-15)21(29)30/h9-10,14-15H,4-8,11-12H2,1-3H3,(H,29,30)/t14-,15-/m0/s1. The molecule has 0 spiro atoms. The zero-order valence-electron chi connectivity index (χ0n) is 19.0. The van der Waals surface area contributed by atoms with Crippen LogP contribution in [0.5, 0.6) is 10.9 Å². The third-order valence-electron chi connectivity index (χ3n) is 5.75. The highest BCUT2D eigenvalue weighted by Crippen LogP contribution is 2.30. The van der Waals surface area contributed by atoms with E-state index in [1.807, 2.05) is 26.1 Å². The third-order valence-corrected chi connectivity index (χ3v) is 6.41. The molecule has 0 amide bonds. The predicted molar refractivity (Wildman–Crippen MR) is 121 cm³/mol. The maximum atomic E-state index is 11.3. The summed E-state index contributed by atoms with van der Waals surface area (Å²) in [5, 5.41) is 18.2. The van der Waals surface area contributed by atoms with E-state index >= 15 is 0 Å². The zero-order chi connectivity index (χ0) is 23.4. The molecule has 0 aromatic carbocycles. The number of aliphatic carboxylic acids is 1. The number of nitrogens with zero attached hydrogens (tertiary/aromatic N) is 6. The number of carbonyl (C=O) groups is 1. The molecule has 3 aromatic heterocycles. The van der Waals surface area contributed by atoms with E-state index < -0.39 is 5.97 Å². The third kappa shape index (κ3) is 5.47. The fourth-order valence-corrected chi connectivity index (χ4v) is 4.52. The van der Waals surface area contributed by atoms with Gasteiger partial charge < -0.3 is 14.6 Å². The van der Waals surface area contributed by atoms with Gasteiger partial charge in [0.2, 0.25) is 0 Å². The lowest BCUT2D eigenvalue weighted by molar-refractivity contribution is -0.143. The van der Waals surface area contributed by atoms with Gasteiger partial charge in [0.1, 0.15) is 29.6 Å². The normalized spacial score (nSPS) is 18.3. The molecule has 0 saturated heterocycles. The molecule has 1 aliphatic carbocycles. The van der Waals surface area contributed by atoms with Crippen LogP contribution in [0, 0.1) is 12.8 Å². The monoisotopic (exact) mass is 472 g/mol. The molecular weight excluding hydrogens is 444 g/mol. The Morgan fingerprint density at radius 3 is 2.91 bits per heavy atom. The number of aryl methyl sites for hydroxylation is 3. The van der Waals surface area contributed by atoms with Crippen molar-refractivity contribution in [3.05, 3.63) is 29.3 Å². The second-order valence-electron chi connectivity index (χ2n) is 8.25. The molecular formula is C22H28N6O4S. The largest absolute Gasteiger partial charge is 0.489 e. The molecule has 176 valence electrons. The Morgan fingerprint density at radius 1 is 1.30 bits per heavy atom. The van der Waals surface area contributed by atoms with E-state index in [9.17, 15) is 9.90 Å². The Morgan fingerprint density at radius 2 is 2.15 bits per heavy atom. The molecule has 3 heterocycles. The van der Waals surface area contributed by atoms with Crippen LogP contribution in [0.3, 0.4) is 0 Å². The number of ether oxygens (including phenoxy) is 2. The topological polar surface area (TPSA) is 125 Å². The van der Waals surface area contributed by atoms with Crippen molar-refractivity contribution in [3.63, 3.8) is 0 Å². The van der Waals surface area contributed by atoms with Gasteiger partial charge in [0.25, 0.3) is 5.19 Å². The van der Waals surface area contributed by atoms with Gasteiger partial charge in [-0.05, 0) is 51.2 Å². The SMILES string of the molecule is CCCc1nsc(OCc2c(-c3ccc(O[C@H]4CCC[C@H](C(=O)O)C4)c(C)n3)nnn2C)n1. The molecule has 1 fully saturated rings. The number of carboxylic acids is 1. The summed E-state index contributed by atoms with van der Waals surface area (Å²) in [6, 6.07) is 3.71. The molecule has 0 bridgehead atoms. The van der Waals surface area contributed by atoms with Crippen molar-refractivity contribution in [2.24, 2.45) is 13.0 Å². The Labute approximate surface area is 196 Å². The van der Waals surface area contributed by atoms with E-state index in [1.165, 1.54) is 11.5 Å². The Bertz CT molecular complexity index is 1110. The number of hydrogen-bond acceptors (Lipinski definition) is 9. The van der Waals surface area contributed by atoms with Gasteiger partial charge >= 0.3 is 5.97 Å². The minimum atomic E-state index is -0.749. The number of hydrogen-bond donors (Lipinski definition) is 1. The highest BCUT2D eigenvalue weighted by molar-refractivity contribution is 7.07. The first-order valence-corrected chi connectivity index (χ1v) is 11.9. The van der Waals surface area contributed by atoms with Crippen molar-refractivity contribution in [1.82, 2.24) is 29.3 Å². The first-order chi connectivity index (χ1) is 15.9. The summed E-state index contributed by atoms with van der Waals surface area (Å²) < 4.78 is 17.9. The zero-order valence-corrected chi connectivity index (χ0v) is 19.8. The Balaban J connectivity index is 1.46. The summed E-state index contributed by atoms with van der Waals surface area (Å²) >= 11 is 1.24. The molecule has 11 heteroatoms. The van der Waals surface area contributed by atoms with E-state index in [4.69, 9.17) is 9.47 Å². The quantitative estimate of drug-likeness (QED) is 0.497. The maximum Gasteiger partial charge on any atom is 0.306 e. The van der Waals surface area contributed by atoms with Gasteiger partial charge in [0.05, 0.1) is 23.4 Å². The molecule has 1 saturated carbocycles. The predicted octanol–water partition coefficient (Wildman–Crippen LogP) is 3.59. The summed E-state index contributed by atoms with van der Waals surface area (Å²) in [6.07, 6.45) is 4.63. The fraction of sp³-hybridized carbons (Fsp3) is 0.545. The Kier molecular flexibility index (Phi) is 7.17. The molecule has 3 aromatic rings. The fourth-order valence-electron chi connectivity index (χ4n) is 3.95. The summed E-state index contributed by atoms with van der Waals surface area (Å²) in [4.78, 5) is 20.4. The second kappa shape index (κ2) is 10.2. The van der Waals surface area contributed by atoms with Gasteiger partial charge in [0.15, 0.2) is 0 Å². The van der Waals surface area contributed by atoms with E-state index in [0.717, 1.165) is 42.9 Å². The van der Waals surface area contributed by atoms with Crippen molar-refractivity contribution in [1.29, 1.82) is 0 Å². The molecule has 4 rings (SSSR count). The smallest absolute Gasteiger partial charge is 0.306 e. The van der Waals surface area contributed by atoms with E-state index in [-0.39, 0.29) is 18.6 Å². The summed E-state index contributed by atoms with van der Waals surface area (Å²) in [7, 11) is 1.81. The maximum absolute atomic E-state index is 11.3. The summed E-state index contributed by atoms with van der Waals surface area (Å²) in [5.41, 5.74) is 2.80. The van der Waals surface area contributed by atoms with Crippen LogP contribution in [0.25, 0.3) is 11.4 Å². The van der Waals surface area contributed by atoms with E-state index in [2.05, 4.69) is 31.6 Å². The van der Waals surface area contributed by atoms with Crippen LogP contribution < -0.4 is 9.47 Å². The van der Waals surface area contributed by atoms with Crippen molar-refractivity contribution < 1.29 is 19.4 Å². The molecule has 0 unspecified atom stereocenters. The van der Waals surface area contributed by atoms with Gasteiger partial charge in [0, 0.05) is 25.0 Å². The van der Waals surface area contributed by atoms with Crippen LogP contribution >= 0.6 is 11.5 Å². The lowest BCUT2D eigenvalue weighted by Crippen LogP contribution is -2.29. The van der Waals surface area contributed by atoms with Crippen LogP contribution in [-0.2, 0) is 24.9 Å². The van der Waals surface area contributed by atoms with Crippen LogP contribution in [0.4, 0.5) is 0 Å². The molecule has 33 heavy (non-hydrogen) atoms. The Hall–Kier alpha value is -3.08. The van der Waals surface area contributed by atoms with Gasteiger partial charge in [-0.1, -0.05) is 12.1 Å². The van der Waals surface area contributed by atoms with Gasteiger partial charge in [-0.15, -0.1) is 5.10 Å². The highest BCUT2D eigenvalue weighted by atomic mass is 32.1. The van der Waals surface area contributed by atoms with Crippen molar-refractivity contribution in [3.8, 4) is 22.3 Å². The van der Waals surface area contributed by atoms with Crippen LogP contribution in [0.15, 0.2) is 12.1 Å². The lowest BCUT2D eigenvalue weighted by Gasteiger charge is -2.27. The van der Waals surface area contributed by atoms with Crippen LogP contribution in [-0.4, -0.2) is 46.5 Å². The van der Waals surface area contributed by atoms with Crippen molar-refractivity contribution in [2.75, 3.05) is 0 Å².